The zero-order valence-corrected chi connectivity index (χ0v) is 16.0. The van der Waals surface area contributed by atoms with Crippen LogP contribution in [0.3, 0.4) is 0 Å². The van der Waals surface area contributed by atoms with Crippen molar-refractivity contribution in [2.75, 3.05) is 14.2 Å². The third-order valence-corrected chi connectivity index (χ3v) is 7.93. The highest BCUT2D eigenvalue weighted by Gasteiger charge is 2.58. The van der Waals surface area contributed by atoms with E-state index in [0.29, 0.717) is 30.3 Å². The van der Waals surface area contributed by atoms with E-state index in [2.05, 4.69) is 13.8 Å². The third kappa shape index (κ3) is 2.87. The molecule has 0 aromatic rings. The van der Waals surface area contributed by atoms with E-state index in [1.165, 1.54) is 13.5 Å². The Morgan fingerprint density at radius 1 is 1.16 bits per heavy atom. The molecule has 6 atom stereocenters. The summed E-state index contributed by atoms with van der Waals surface area (Å²) in [6.07, 6.45) is 10.2. The van der Waals surface area contributed by atoms with Gasteiger partial charge in [-0.05, 0) is 67.1 Å². The number of esters is 1. The van der Waals surface area contributed by atoms with Crippen molar-refractivity contribution in [1.29, 1.82) is 0 Å². The molecule has 0 aliphatic heterocycles. The predicted octanol–water partition coefficient (Wildman–Crippen LogP) is 3.93. The van der Waals surface area contributed by atoms with Crippen molar-refractivity contribution >= 4 is 12.3 Å². The van der Waals surface area contributed by atoms with Gasteiger partial charge in [0.2, 0.25) is 0 Å². The summed E-state index contributed by atoms with van der Waals surface area (Å²) in [5.74, 6) is 1.46. The van der Waals surface area contributed by atoms with Crippen LogP contribution in [0.5, 0.6) is 0 Å². The quantitative estimate of drug-likeness (QED) is 0.439. The lowest BCUT2D eigenvalue weighted by Crippen LogP contribution is -2.50. The van der Waals surface area contributed by atoms with Crippen molar-refractivity contribution in [3.8, 4) is 0 Å². The summed E-state index contributed by atoms with van der Waals surface area (Å²) in [6, 6.07) is 0. The molecule has 0 saturated heterocycles. The Kier molecular flexibility index (Phi) is 5.11. The summed E-state index contributed by atoms with van der Waals surface area (Å²) in [5, 5.41) is 0. The second-order valence-electron chi connectivity index (χ2n) is 8.74. The zero-order valence-electron chi connectivity index (χ0n) is 16.0. The first-order chi connectivity index (χ1) is 11.9. The summed E-state index contributed by atoms with van der Waals surface area (Å²) in [4.78, 5) is 23.3. The maximum atomic E-state index is 11.8. The Bertz CT molecular complexity index is 568. The second kappa shape index (κ2) is 6.86. The molecule has 3 rings (SSSR count). The minimum Gasteiger partial charge on any atom is -0.466 e. The number of carbonyl (C=O) groups excluding carboxylic acids is 2. The van der Waals surface area contributed by atoms with Crippen LogP contribution in [0.2, 0.25) is 0 Å². The first-order valence-corrected chi connectivity index (χ1v) is 9.66. The molecule has 3 aliphatic rings. The lowest BCUT2D eigenvalue weighted by Gasteiger charge is -2.56. The van der Waals surface area contributed by atoms with Crippen LogP contribution in [-0.2, 0) is 19.1 Å². The average Bonchev–Trinajstić information content (AvgIpc) is 2.94. The van der Waals surface area contributed by atoms with Gasteiger partial charge < -0.3 is 14.3 Å². The first kappa shape index (κ1) is 18.6. The van der Waals surface area contributed by atoms with E-state index < -0.39 is 0 Å². The smallest absolute Gasteiger partial charge is 0.330 e. The molecule has 3 aliphatic carbocycles. The summed E-state index contributed by atoms with van der Waals surface area (Å²) in [7, 11) is 3.26. The van der Waals surface area contributed by atoms with Gasteiger partial charge in [-0.3, -0.25) is 0 Å². The van der Waals surface area contributed by atoms with Gasteiger partial charge in [0.05, 0.1) is 13.2 Å². The van der Waals surface area contributed by atoms with Gasteiger partial charge in [0.25, 0.3) is 0 Å². The highest BCUT2D eigenvalue weighted by Crippen LogP contribution is 2.64. The van der Waals surface area contributed by atoms with Crippen LogP contribution in [-0.4, -0.2) is 32.6 Å². The summed E-state index contributed by atoms with van der Waals surface area (Å²) in [6.45, 7) is 4.60. The van der Waals surface area contributed by atoms with Crippen LogP contribution < -0.4 is 0 Å². The predicted molar refractivity (Wildman–Crippen MR) is 96.0 cm³/mol. The van der Waals surface area contributed by atoms with Crippen molar-refractivity contribution < 1.29 is 19.1 Å². The Morgan fingerprint density at radius 2 is 1.92 bits per heavy atom. The van der Waals surface area contributed by atoms with E-state index in [-0.39, 0.29) is 16.8 Å². The highest BCUT2D eigenvalue weighted by molar-refractivity contribution is 5.83. The van der Waals surface area contributed by atoms with Gasteiger partial charge in [-0.2, -0.15) is 0 Å². The van der Waals surface area contributed by atoms with Crippen LogP contribution in [0.1, 0.15) is 58.8 Å². The Morgan fingerprint density at radius 3 is 2.56 bits per heavy atom. The van der Waals surface area contributed by atoms with Crippen molar-refractivity contribution in [2.24, 2.45) is 28.6 Å². The fraction of sp³-hybridized carbons (Fsp3) is 0.810. The van der Waals surface area contributed by atoms with E-state index >= 15 is 0 Å². The van der Waals surface area contributed by atoms with Crippen molar-refractivity contribution in [3.05, 3.63) is 11.6 Å². The molecule has 0 radical (unpaired) electrons. The largest absolute Gasteiger partial charge is 0.466 e. The first-order valence-electron chi connectivity index (χ1n) is 9.66. The van der Waals surface area contributed by atoms with Crippen molar-refractivity contribution in [1.82, 2.24) is 0 Å². The Hall–Kier alpha value is -1.16. The number of aldehydes is 1. The monoisotopic (exact) mass is 348 g/mol. The van der Waals surface area contributed by atoms with E-state index in [0.717, 1.165) is 44.0 Å². The van der Waals surface area contributed by atoms with Gasteiger partial charge >= 0.3 is 5.97 Å². The molecule has 0 bridgehead atoms. The van der Waals surface area contributed by atoms with Gasteiger partial charge in [0.15, 0.2) is 0 Å². The fourth-order valence-electron chi connectivity index (χ4n) is 6.56. The van der Waals surface area contributed by atoms with Crippen LogP contribution in [0, 0.1) is 28.6 Å². The summed E-state index contributed by atoms with van der Waals surface area (Å²) < 4.78 is 10.7. The second-order valence-corrected chi connectivity index (χ2v) is 8.74. The average molecular weight is 348 g/mol. The Balaban J connectivity index is 1.93. The van der Waals surface area contributed by atoms with E-state index in [1.54, 1.807) is 6.08 Å². The zero-order chi connectivity index (χ0) is 18.2. The van der Waals surface area contributed by atoms with Crippen LogP contribution in [0.25, 0.3) is 0 Å². The maximum Gasteiger partial charge on any atom is 0.330 e. The third-order valence-electron chi connectivity index (χ3n) is 7.93. The number of hydrogen-bond acceptors (Lipinski definition) is 4. The van der Waals surface area contributed by atoms with Crippen molar-refractivity contribution in [3.63, 3.8) is 0 Å². The molecule has 0 aromatic carbocycles. The fourth-order valence-corrected chi connectivity index (χ4v) is 6.56. The molecule has 0 aromatic heterocycles. The number of rotatable bonds is 4. The van der Waals surface area contributed by atoms with Gasteiger partial charge in [0.1, 0.15) is 6.29 Å². The van der Waals surface area contributed by atoms with Gasteiger partial charge in [-0.1, -0.05) is 19.4 Å². The molecular weight excluding hydrogens is 316 g/mol. The topological polar surface area (TPSA) is 52.6 Å². The van der Waals surface area contributed by atoms with E-state index in [9.17, 15) is 9.59 Å². The van der Waals surface area contributed by atoms with Crippen LogP contribution >= 0.6 is 0 Å². The number of ether oxygens (including phenoxy) is 2. The number of hydrogen-bond donors (Lipinski definition) is 0. The molecule has 0 spiro atoms. The molecule has 0 N–H and O–H groups in total. The number of allylic oxidation sites excluding steroid dienone is 1. The molecule has 25 heavy (non-hydrogen) atoms. The van der Waals surface area contributed by atoms with Gasteiger partial charge in [-0.15, -0.1) is 0 Å². The van der Waals surface area contributed by atoms with Crippen LogP contribution in [0.15, 0.2) is 11.6 Å². The summed E-state index contributed by atoms with van der Waals surface area (Å²) in [5.41, 5.74) is 1.16. The molecule has 4 nitrogen and oxygen atoms in total. The molecule has 4 heteroatoms. The normalized spacial score (nSPS) is 44.9. The van der Waals surface area contributed by atoms with E-state index in [1.807, 2.05) is 7.11 Å². The standard InChI is InChI=1S/C21H32O4/c1-20(11-12-22)14(13-19(23)25-4)5-6-15-16-7-8-18(24-3)21(16,2)10-9-17(15)20/h12-13,15-18H,5-11H2,1-4H3/b14-13-/t15-,16-,17-,18-,20-,21-/m0/s1. The van der Waals surface area contributed by atoms with Gasteiger partial charge in [-0.25, -0.2) is 4.79 Å². The SMILES string of the molecule is COC(=O)/C=C1/CC[C@H]2[C@@H]3CC[C@H](OC)[C@@]3(C)CC[C@@H]2[C@@]1(C)CC=O. The maximum absolute atomic E-state index is 11.8. The van der Waals surface area contributed by atoms with E-state index in [4.69, 9.17) is 9.47 Å². The lowest BCUT2D eigenvalue weighted by molar-refractivity contribution is -0.135. The highest BCUT2D eigenvalue weighted by atomic mass is 16.5. The summed E-state index contributed by atoms with van der Waals surface area (Å²) >= 11 is 0. The lowest BCUT2D eigenvalue weighted by atomic mass is 9.48. The molecule has 140 valence electrons. The molecular formula is C21H32O4. The molecule has 0 unspecified atom stereocenters. The van der Waals surface area contributed by atoms with Gasteiger partial charge in [0, 0.05) is 19.6 Å². The van der Waals surface area contributed by atoms with Crippen LogP contribution in [0.4, 0.5) is 0 Å². The molecule has 0 heterocycles. The minimum atomic E-state index is -0.300. The molecule has 0 amide bonds. The molecule has 3 saturated carbocycles. The number of fused-ring (bicyclic) bond motifs is 3. The molecule has 3 fully saturated rings. The minimum absolute atomic E-state index is 0.217. The Labute approximate surface area is 151 Å². The number of carbonyl (C=O) groups is 2. The van der Waals surface area contributed by atoms with Crippen molar-refractivity contribution in [2.45, 2.75) is 64.9 Å². The number of methoxy groups -OCH3 is 2.